The zero-order valence-corrected chi connectivity index (χ0v) is 12.4. The minimum absolute atomic E-state index is 0.574. The Balaban J connectivity index is 2.16. The summed E-state index contributed by atoms with van der Waals surface area (Å²) < 4.78 is 0. The second-order valence-electron chi connectivity index (χ2n) is 5.99. The molecule has 0 radical (unpaired) electrons. The average molecular weight is 287 g/mol. The van der Waals surface area contributed by atoms with Gasteiger partial charge in [-0.15, -0.1) is 0 Å². The second-order valence-corrected chi connectivity index (χ2v) is 6.83. The van der Waals surface area contributed by atoms with Crippen LogP contribution in [0.15, 0.2) is 18.2 Å². The Morgan fingerprint density at radius 1 is 1.22 bits per heavy atom. The molecule has 0 bridgehead atoms. The van der Waals surface area contributed by atoms with E-state index >= 15 is 0 Å². The van der Waals surface area contributed by atoms with Gasteiger partial charge in [-0.05, 0) is 48.8 Å². The summed E-state index contributed by atoms with van der Waals surface area (Å²) in [6.45, 7) is 4.42. The summed E-state index contributed by atoms with van der Waals surface area (Å²) in [5.74, 6) is 1.15. The fourth-order valence-corrected chi connectivity index (χ4v) is 3.87. The minimum atomic E-state index is -0.617. The maximum atomic E-state index is 10.8. The first-order chi connectivity index (χ1) is 8.38. The van der Waals surface area contributed by atoms with Gasteiger partial charge in [0, 0.05) is 16.5 Å². The first-order valence-electron chi connectivity index (χ1n) is 6.54. The quantitative estimate of drug-likeness (QED) is 0.834. The fraction of sp³-hybridized carbons (Fsp3) is 0.600. The van der Waals surface area contributed by atoms with Crippen LogP contribution in [0.25, 0.3) is 0 Å². The highest BCUT2D eigenvalue weighted by atomic mass is 35.5. The van der Waals surface area contributed by atoms with Crippen LogP contribution in [0.2, 0.25) is 10.0 Å². The molecular weight excluding hydrogens is 267 g/mol. The number of benzene rings is 1. The molecule has 1 saturated carbocycles. The van der Waals surface area contributed by atoms with Gasteiger partial charge >= 0.3 is 0 Å². The number of rotatable bonds is 2. The molecule has 1 aliphatic carbocycles. The van der Waals surface area contributed by atoms with Gasteiger partial charge in [0.05, 0.1) is 5.60 Å². The van der Waals surface area contributed by atoms with E-state index in [4.69, 9.17) is 23.2 Å². The molecule has 2 rings (SSSR count). The van der Waals surface area contributed by atoms with Crippen LogP contribution >= 0.6 is 23.2 Å². The predicted molar refractivity (Wildman–Crippen MR) is 77.3 cm³/mol. The Morgan fingerprint density at radius 3 is 2.39 bits per heavy atom. The van der Waals surface area contributed by atoms with Crippen LogP contribution < -0.4 is 0 Å². The van der Waals surface area contributed by atoms with E-state index < -0.39 is 5.60 Å². The standard InChI is InChI=1S/C15H20Cl2O/c1-10-5-11(2)8-15(18,7-10)9-12-3-4-13(16)6-14(12)17/h3-4,6,10-11,18H,5,7-9H2,1-2H3. The van der Waals surface area contributed by atoms with Crippen molar-refractivity contribution < 1.29 is 5.11 Å². The maximum Gasteiger partial charge on any atom is 0.0693 e. The van der Waals surface area contributed by atoms with Crippen molar-refractivity contribution in [2.45, 2.75) is 45.1 Å². The van der Waals surface area contributed by atoms with Crippen LogP contribution in [0.1, 0.15) is 38.7 Å². The average Bonchev–Trinajstić information content (AvgIpc) is 2.20. The molecule has 100 valence electrons. The lowest BCUT2D eigenvalue weighted by Crippen LogP contribution is -2.39. The van der Waals surface area contributed by atoms with Crippen molar-refractivity contribution in [3.8, 4) is 0 Å². The normalized spacial score (nSPS) is 32.5. The Morgan fingerprint density at radius 2 is 1.83 bits per heavy atom. The van der Waals surface area contributed by atoms with Gasteiger partial charge in [-0.2, -0.15) is 0 Å². The molecule has 0 aliphatic heterocycles. The number of hydrogen-bond acceptors (Lipinski definition) is 1. The molecule has 1 aromatic rings. The number of aliphatic hydroxyl groups is 1. The molecule has 1 N–H and O–H groups in total. The topological polar surface area (TPSA) is 20.2 Å². The minimum Gasteiger partial charge on any atom is -0.390 e. The van der Waals surface area contributed by atoms with Crippen LogP contribution in [-0.2, 0) is 6.42 Å². The molecule has 0 saturated heterocycles. The Kier molecular flexibility index (Phi) is 4.25. The van der Waals surface area contributed by atoms with E-state index in [0.717, 1.165) is 18.4 Å². The van der Waals surface area contributed by atoms with Gasteiger partial charge in [0.25, 0.3) is 0 Å². The van der Waals surface area contributed by atoms with Crippen molar-refractivity contribution in [3.63, 3.8) is 0 Å². The van der Waals surface area contributed by atoms with E-state index in [2.05, 4.69) is 13.8 Å². The molecule has 1 fully saturated rings. The lowest BCUT2D eigenvalue weighted by molar-refractivity contribution is -0.0304. The highest BCUT2D eigenvalue weighted by Gasteiger charge is 2.36. The van der Waals surface area contributed by atoms with Crippen molar-refractivity contribution in [3.05, 3.63) is 33.8 Å². The molecule has 1 aliphatic rings. The third kappa shape index (κ3) is 3.40. The molecule has 1 aromatic carbocycles. The molecule has 3 heteroatoms. The molecule has 0 spiro atoms. The summed E-state index contributed by atoms with van der Waals surface area (Å²) >= 11 is 12.1. The van der Waals surface area contributed by atoms with Gasteiger partial charge in [0.1, 0.15) is 0 Å². The van der Waals surface area contributed by atoms with E-state index in [1.807, 2.05) is 12.1 Å². The van der Waals surface area contributed by atoms with Crippen LogP contribution in [0.3, 0.4) is 0 Å². The van der Waals surface area contributed by atoms with Crippen molar-refractivity contribution >= 4 is 23.2 Å². The lowest BCUT2D eigenvalue weighted by atomic mass is 9.71. The zero-order valence-electron chi connectivity index (χ0n) is 10.9. The summed E-state index contributed by atoms with van der Waals surface area (Å²) in [6, 6.07) is 5.51. The van der Waals surface area contributed by atoms with Gasteiger partial charge < -0.3 is 5.11 Å². The van der Waals surface area contributed by atoms with E-state index in [0.29, 0.717) is 28.3 Å². The smallest absolute Gasteiger partial charge is 0.0693 e. The molecule has 1 nitrogen and oxygen atoms in total. The number of hydrogen-bond donors (Lipinski definition) is 1. The number of halogens is 2. The molecule has 0 aromatic heterocycles. The first kappa shape index (κ1) is 14.2. The Labute approximate surface area is 119 Å². The SMILES string of the molecule is CC1CC(C)CC(O)(Cc2ccc(Cl)cc2Cl)C1. The van der Waals surface area contributed by atoms with E-state index in [1.54, 1.807) is 6.07 Å². The van der Waals surface area contributed by atoms with E-state index in [-0.39, 0.29) is 0 Å². The van der Waals surface area contributed by atoms with Crippen LogP contribution in [0.5, 0.6) is 0 Å². The van der Waals surface area contributed by atoms with Crippen molar-refractivity contribution in [2.75, 3.05) is 0 Å². The third-order valence-electron chi connectivity index (χ3n) is 3.80. The van der Waals surface area contributed by atoms with Crippen molar-refractivity contribution in [1.29, 1.82) is 0 Å². The first-order valence-corrected chi connectivity index (χ1v) is 7.30. The summed E-state index contributed by atoms with van der Waals surface area (Å²) in [5.41, 5.74) is 0.374. The predicted octanol–water partition coefficient (Wildman–Crippen LogP) is 4.72. The van der Waals surface area contributed by atoms with E-state index in [1.165, 1.54) is 6.42 Å². The van der Waals surface area contributed by atoms with Gasteiger partial charge in [-0.25, -0.2) is 0 Å². The van der Waals surface area contributed by atoms with Crippen LogP contribution in [0.4, 0.5) is 0 Å². The molecule has 18 heavy (non-hydrogen) atoms. The maximum absolute atomic E-state index is 10.8. The lowest BCUT2D eigenvalue weighted by Gasteiger charge is -2.39. The summed E-state index contributed by atoms with van der Waals surface area (Å²) in [7, 11) is 0. The zero-order chi connectivity index (χ0) is 13.3. The van der Waals surface area contributed by atoms with Gasteiger partial charge in [-0.3, -0.25) is 0 Å². The molecule has 2 atom stereocenters. The van der Waals surface area contributed by atoms with Gasteiger partial charge in [-0.1, -0.05) is 43.1 Å². The highest BCUT2D eigenvalue weighted by molar-refractivity contribution is 6.35. The largest absolute Gasteiger partial charge is 0.390 e. The molecule has 0 heterocycles. The van der Waals surface area contributed by atoms with Gasteiger partial charge in [0.15, 0.2) is 0 Å². The monoisotopic (exact) mass is 286 g/mol. The summed E-state index contributed by atoms with van der Waals surface area (Å²) in [5, 5.41) is 12.1. The molecule has 0 amide bonds. The summed E-state index contributed by atoms with van der Waals surface area (Å²) in [6.07, 6.45) is 3.54. The Bertz CT molecular complexity index is 421. The third-order valence-corrected chi connectivity index (χ3v) is 4.38. The van der Waals surface area contributed by atoms with Crippen LogP contribution in [-0.4, -0.2) is 10.7 Å². The molecular formula is C15H20Cl2O. The fourth-order valence-electron chi connectivity index (χ4n) is 3.40. The van der Waals surface area contributed by atoms with Crippen molar-refractivity contribution in [1.82, 2.24) is 0 Å². The highest BCUT2D eigenvalue weighted by Crippen LogP contribution is 2.39. The van der Waals surface area contributed by atoms with Crippen LogP contribution in [0, 0.1) is 11.8 Å². The van der Waals surface area contributed by atoms with E-state index in [9.17, 15) is 5.11 Å². The second kappa shape index (κ2) is 5.40. The van der Waals surface area contributed by atoms with Gasteiger partial charge in [0.2, 0.25) is 0 Å². The summed E-state index contributed by atoms with van der Waals surface area (Å²) in [4.78, 5) is 0. The Hall–Kier alpha value is -0.240. The molecule has 2 unspecified atom stereocenters. The van der Waals surface area contributed by atoms with Crippen molar-refractivity contribution in [2.24, 2.45) is 11.8 Å².